The number of likely N-dealkylation sites (N-methyl/N-ethyl adjacent to an activating group) is 3. The van der Waals surface area contributed by atoms with E-state index in [0.29, 0.717) is 17.6 Å². The first-order chi connectivity index (χ1) is 70.7. The van der Waals surface area contributed by atoms with Gasteiger partial charge in [-0.15, -0.1) is 0 Å². The predicted molar refractivity (Wildman–Crippen MR) is 635 cm³/mol. The van der Waals surface area contributed by atoms with Crippen LogP contribution >= 0.6 is 0 Å². The lowest BCUT2D eigenvalue weighted by Crippen LogP contribution is -2.53. The third kappa shape index (κ3) is 36.8. The Kier molecular flexibility index (Phi) is 43.8. The van der Waals surface area contributed by atoms with Crippen LogP contribution in [0, 0.1) is 6.92 Å². The average Bonchev–Trinajstić information content (AvgIpc) is 0.822. The Morgan fingerprint density at radius 1 is 0.313 bits per heavy atom. The van der Waals surface area contributed by atoms with Gasteiger partial charge in [0.05, 0.1) is 33.1 Å². The van der Waals surface area contributed by atoms with Gasteiger partial charge in [0, 0.05) is 246 Å². The van der Waals surface area contributed by atoms with Gasteiger partial charge in [-0.25, -0.2) is 4.79 Å². The van der Waals surface area contributed by atoms with Gasteiger partial charge in [-0.05, 0) is 267 Å². The van der Waals surface area contributed by atoms with Crippen molar-refractivity contribution in [1.82, 2.24) is 49.4 Å². The second kappa shape index (κ2) is 54.5. The summed E-state index contributed by atoms with van der Waals surface area (Å²) in [7, 11) is 10.1. The fourth-order valence-electron chi connectivity index (χ4n) is 21.2. The summed E-state index contributed by atoms with van der Waals surface area (Å²) in [6, 6.07) is 65.6. The van der Waals surface area contributed by atoms with Crippen LogP contribution in [0.2, 0.25) is 0 Å². The number of ether oxygens (including phenoxy) is 3. The molecule has 0 unspecified atom stereocenters. The molecule has 8 aromatic rings. The van der Waals surface area contributed by atoms with Crippen molar-refractivity contribution in [3.05, 3.63) is 238 Å². The number of piperidine rings is 3. The lowest BCUT2D eigenvalue weighted by Gasteiger charge is -2.43. The van der Waals surface area contributed by atoms with Gasteiger partial charge in [0.15, 0.2) is 0 Å². The molecular formula is C128H198N16O6. The number of carbonyl (C=O) groups is 3. The quantitative estimate of drug-likeness (QED) is 0.100. The summed E-state index contributed by atoms with van der Waals surface area (Å²) < 4.78 is 16.5. The first-order valence-electron chi connectivity index (χ1n) is 56.6. The molecule has 22 nitrogen and oxygen atoms in total. The monoisotopic (exact) mass is 2060 g/mol. The zero-order valence-corrected chi connectivity index (χ0v) is 98.8. The molecule has 8 aromatic carbocycles. The number of carbonyl (C=O) groups excluding carboxylic acids is 3. The van der Waals surface area contributed by atoms with Crippen LogP contribution in [0.1, 0.15) is 270 Å². The van der Waals surface area contributed by atoms with Crippen LogP contribution in [0.5, 0.6) is 11.5 Å². The number of urea groups is 1. The summed E-state index contributed by atoms with van der Waals surface area (Å²) in [5.41, 5.74) is 20.2. The van der Waals surface area contributed by atoms with Crippen molar-refractivity contribution >= 4 is 52.0 Å². The molecule has 0 atom stereocenters. The Hall–Kier alpha value is -9.59. The van der Waals surface area contributed by atoms with Crippen molar-refractivity contribution in [3.63, 3.8) is 0 Å². The van der Waals surface area contributed by atoms with Crippen molar-refractivity contribution in [2.75, 3.05) is 262 Å². The lowest BCUT2D eigenvalue weighted by molar-refractivity contribution is 0.0513. The van der Waals surface area contributed by atoms with Gasteiger partial charge in [0.1, 0.15) is 11.5 Å². The Labute approximate surface area is 908 Å². The molecule has 4 amide bonds. The molecule has 0 radical (unpaired) electrons. The Balaban J connectivity index is 0.000000167. The zero-order chi connectivity index (χ0) is 109. The van der Waals surface area contributed by atoms with E-state index in [1.165, 1.54) is 134 Å². The summed E-state index contributed by atoms with van der Waals surface area (Å²) in [6.07, 6.45) is 6.99. The number of rotatable bonds is 13. The van der Waals surface area contributed by atoms with E-state index in [1.807, 2.05) is 95.6 Å². The molecule has 9 saturated heterocycles. The largest absolute Gasteiger partial charge is 0.496 e. The highest BCUT2D eigenvalue weighted by atomic mass is 16.5. The van der Waals surface area contributed by atoms with Gasteiger partial charge in [-0.2, -0.15) is 0 Å². The SMILES string of the molecule is CC(C)(C)c1ccc(N2CCN(C(C)(C)C)CC2)cc1.CC(C)(C)c1ccc(N2CCNCC2)cc1.CN1CCN(C2CCN(C(=O)c3ccc(C(C)(C)C)cc3)CC2)CC1.CN1CCN(C2CCN(c3ccc(C(C)(C)C)cc3)CC2)CC1.COc1cc(C(=O)N2CCC(N3CCN(C)CC3)CC2)ccc1C(C)(C)C.COc1cc(C(C)(C)C)ccc1N1CCOCC1.Cc1cccc(NC(=O)Nc2ccc(C(C)(C)C)cc2)c1. The number of anilines is 6. The van der Waals surface area contributed by atoms with Crippen LogP contribution in [0.25, 0.3) is 0 Å². The molecule has 0 aliphatic carbocycles. The summed E-state index contributed by atoms with van der Waals surface area (Å²) in [5, 5.41) is 9.04. The molecule has 9 heterocycles. The summed E-state index contributed by atoms with van der Waals surface area (Å²) >= 11 is 0. The second-order valence-electron chi connectivity index (χ2n) is 51.6. The van der Waals surface area contributed by atoms with E-state index in [0.717, 1.165) is 208 Å². The number of benzene rings is 8. The summed E-state index contributed by atoms with van der Waals surface area (Å²) in [4.78, 5) is 69.4. The number of nitrogens with zero attached hydrogens (tertiary/aromatic N) is 13. The number of hydrogen-bond donors (Lipinski definition) is 3. The Morgan fingerprint density at radius 3 is 1.02 bits per heavy atom. The molecule has 9 fully saturated rings. The van der Waals surface area contributed by atoms with Crippen molar-refractivity contribution in [3.8, 4) is 11.5 Å². The Bertz CT molecular complexity index is 5370. The Morgan fingerprint density at radius 2 is 0.653 bits per heavy atom. The van der Waals surface area contributed by atoms with Crippen LogP contribution in [0.15, 0.2) is 182 Å². The van der Waals surface area contributed by atoms with E-state index in [9.17, 15) is 14.4 Å². The van der Waals surface area contributed by atoms with Crippen LogP contribution in [0.3, 0.4) is 0 Å². The molecule has 0 aromatic heterocycles. The van der Waals surface area contributed by atoms with E-state index in [-0.39, 0.29) is 55.8 Å². The van der Waals surface area contributed by atoms with Gasteiger partial charge >= 0.3 is 6.03 Å². The zero-order valence-electron chi connectivity index (χ0n) is 98.8. The molecular weight excluding hydrogens is 1860 g/mol. The van der Waals surface area contributed by atoms with E-state index >= 15 is 0 Å². The number of likely N-dealkylation sites (tertiary alicyclic amines) is 2. The second-order valence-corrected chi connectivity index (χ2v) is 51.6. The van der Waals surface area contributed by atoms with E-state index < -0.39 is 0 Å². The van der Waals surface area contributed by atoms with Crippen LogP contribution < -0.4 is 45.0 Å². The van der Waals surface area contributed by atoms with Crippen molar-refractivity contribution < 1.29 is 28.6 Å². The highest BCUT2D eigenvalue weighted by Gasteiger charge is 2.36. The van der Waals surface area contributed by atoms with E-state index in [1.54, 1.807) is 14.2 Å². The summed E-state index contributed by atoms with van der Waals surface area (Å²) in [5.74, 6) is 2.09. The van der Waals surface area contributed by atoms with Gasteiger partial charge < -0.3 is 74.3 Å². The highest BCUT2D eigenvalue weighted by Crippen LogP contribution is 2.39. The maximum absolute atomic E-state index is 13.0. The minimum absolute atomic E-state index is 0.00617. The van der Waals surface area contributed by atoms with E-state index in [4.69, 9.17) is 14.2 Å². The first-order valence-corrected chi connectivity index (χ1v) is 56.6. The van der Waals surface area contributed by atoms with E-state index in [2.05, 4.69) is 360 Å². The molecule has 0 bridgehead atoms. The minimum Gasteiger partial charge on any atom is -0.496 e. The normalized spacial score (nSPS) is 18.7. The molecule has 150 heavy (non-hydrogen) atoms. The number of nitrogens with one attached hydrogen (secondary N) is 3. The number of morpholine rings is 1. The smallest absolute Gasteiger partial charge is 0.323 e. The molecule has 9 aliphatic rings. The fraction of sp³-hybridized carbons (Fsp3) is 0.602. The third-order valence-corrected chi connectivity index (χ3v) is 31.7. The standard InChI is InChI=1S/C22H35N3O2.C21H33N3O.C20H33N3.C18H22N2O.C18H30N2.C15H23NO2.C14H22N2/c1-22(2,3)19-7-6-17(16-20(19)27-5)21(26)25-10-8-18(9-11-25)24-14-12-23(4)13-15-24;1-21(2,3)18-7-5-17(6-8-18)20(25)24-11-9-19(10-12-24)23-15-13-22(4)14-16-23;1-20(2,3)17-5-7-18(8-6-17)22-11-9-19(10-12-22)23-15-13-21(4)14-16-23;1-13-6-5-7-16(12-13)20-17(21)19-15-10-8-14(9-11-15)18(2,3)4;1-17(2,3)15-7-9-16(10-8-15)19-11-13-20(14-12-19)18(4,5)6;1-15(2,3)12-5-6-13(14(11-12)17-4)16-7-9-18-10-8-16;1-14(2,3)12-4-6-13(7-5-12)16-10-8-15-9-11-16/h6-7,16,18H,8-15H2,1-5H3;5-8,19H,9-16H2,1-4H3;5-8,19H,9-16H2,1-4H3;5-12H,1-4H3,(H2,19,20,21);7-10H,11-14H2,1-6H3;5-6,11H,7-10H2,1-4H3;4-7,15H,8-11H2,1-3H3. The van der Waals surface area contributed by atoms with Gasteiger partial charge in [0.2, 0.25) is 0 Å². The average molecular weight is 2060 g/mol. The predicted octanol–water partition coefficient (Wildman–Crippen LogP) is 22.9. The topological polar surface area (TPSA) is 157 Å². The van der Waals surface area contributed by atoms with Crippen LogP contribution in [-0.4, -0.2) is 317 Å². The fourth-order valence-corrected chi connectivity index (χ4v) is 21.2. The lowest BCUT2D eigenvalue weighted by atomic mass is 9.85. The maximum Gasteiger partial charge on any atom is 0.323 e. The molecule has 0 spiro atoms. The van der Waals surface area contributed by atoms with Gasteiger partial charge in [-0.1, -0.05) is 230 Å². The van der Waals surface area contributed by atoms with Crippen LogP contribution in [-0.2, 0) is 42.6 Å². The van der Waals surface area contributed by atoms with Crippen molar-refractivity contribution in [1.29, 1.82) is 0 Å². The minimum atomic E-state index is -0.232. The van der Waals surface area contributed by atoms with Gasteiger partial charge in [0.25, 0.3) is 11.8 Å². The molecule has 22 heteroatoms. The summed E-state index contributed by atoms with van der Waals surface area (Å²) in [6.45, 7) is 88.2. The van der Waals surface area contributed by atoms with Crippen LogP contribution in [0.4, 0.5) is 38.9 Å². The first kappa shape index (κ1) is 121. The molecule has 0 saturated carbocycles. The van der Waals surface area contributed by atoms with Gasteiger partial charge in [-0.3, -0.25) is 29.2 Å². The number of aryl methyl sites for hydroxylation is 1. The molecule has 826 valence electrons. The van der Waals surface area contributed by atoms with Crippen molar-refractivity contribution in [2.45, 2.75) is 273 Å². The number of hydrogen-bond acceptors (Lipinski definition) is 18. The third-order valence-electron chi connectivity index (χ3n) is 31.7. The maximum atomic E-state index is 13.0. The van der Waals surface area contributed by atoms with Crippen molar-refractivity contribution in [2.24, 2.45) is 0 Å². The molecule has 3 N–H and O–H groups in total. The number of piperazine rings is 5. The number of methoxy groups -OCH3 is 2. The number of amides is 4. The molecule has 17 rings (SSSR count). The molecule has 9 aliphatic heterocycles. The highest BCUT2D eigenvalue weighted by molar-refractivity contribution is 6.00.